The Morgan fingerprint density at radius 1 is 1.25 bits per heavy atom. The van der Waals surface area contributed by atoms with Crippen LogP contribution in [-0.4, -0.2) is 15.7 Å². The van der Waals surface area contributed by atoms with Crippen LogP contribution in [0.5, 0.6) is 10.9 Å². The van der Waals surface area contributed by atoms with Gasteiger partial charge in [0.05, 0.1) is 11.0 Å². The van der Waals surface area contributed by atoms with Crippen molar-refractivity contribution >= 4 is 43.2 Å². The van der Waals surface area contributed by atoms with Crippen LogP contribution in [0.3, 0.4) is 0 Å². The Morgan fingerprint density at radius 2 is 2.00 bits per heavy atom. The molecular formula is C13H15Br2N3OS. The minimum absolute atomic E-state index is 0.0570. The number of benzene rings is 1. The van der Waals surface area contributed by atoms with Gasteiger partial charge in [-0.25, -0.2) is 0 Å². The molecule has 0 aliphatic rings. The minimum atomic E-state index is 0.0570. The highest BCUT2D eigenvalue weighted by Gasteiger charge is 2.12. The van der Waals surface area contributed by atoms with E-state index in [0.29, 0.717) is 11.7 Å². The molecule has 0 saturated carbocycles. The molecule has 2 rings (SSSR count). The molecule has 0 amide bonds. The van der Waals surface area contributed by atoms with Gasteiger partial charge in [-0.2, -0.15) is 0 Å². The van der Waals surface area contributed by atoms with Crippen molar-refractivity contribution in [3.63, 3.8) is 0 Å². The number of hydrogen-bond acceptors (Lipinski definition) is 5. The first-order valence-electron chi connectivity index (χ1n) is 6.04. The average molecular weight is 421 g/mol. The molecule has 1 aromatic heterocycles. The van der Waals surface area contributed by atoms with Gasteiger partial charge in [0, 0.05) is 10.0 Å². The molecule has 0 atom stereocenters. The van der Waals surface area contributed by atoms with Crippen LogP contribution in [0, 0.1) is 0 Å². The predicted octanol–water partition coefficient (Wildman–Crippen LogP) is 4.74. The Hall–Kier alpha value is -0.500. The van der Waals surface area contributed by atoms with Gasteiger partial charge in [0.25, 0.3) is 5.19 Å². The quantitative estimate of drug-likeness (QED) is 0.775. The van der Waals surface area contributed by atoms with E-state index in [1.165, 1.54) is 11.3 Å². The maximum Gasteiger partial charge on any atom is 0.299 e. The lowest BCUT2D eigenvalue weighted by Gasteiger charge is -2.19. The molecule has 1 N–H and O–H groups in total. The third kappa shape index (κ3) is 4.80. The maximum absolute atomic E-state index is 5.73. The van der Waals surface area contributed by atoms with Crippen LogP contribution in [0.2, 0.25) is 0 Å². The molecule has 0 aliphatic carbocycles. The number of ether oxygens (including phenoxy) is 1. The first-order chi connectivity index (χ1) is 9.33. The summed E-state index contributed by atoms with van der Waals surface area (Å²) in [5.41, 5.74) is 0.0570. The highest BCUT2D eigenvalue weighted by Crippen LogP contribution is 2.33. The van der Waals surface area contributed by atoms with Gasteiger partial charge >= 0.3 is 0 Å². The second kappa shape index (κ2) is 6.51. The summed E-state index contributed by atoms with van der Waals surface area (Å²) in [6, 6.07) is 5.73. The Balaban J connectivity index is 2.02. The summed E-state index contributed by atoms with van der Waals surface area (Å²) in [5.74, 6) is 0.722. The van der Waals surface area contributed by atoms with E-state index in [2.05, 4.69) is 68.1 Å². The summed E-state index contributed by atoms with van der Waals surface area (Å²) in [5, 5.41) is 13.0. The van der Waals surface area contributed by atoms with Crippen molar-refractivity contribution in [3.05, 3.63) is 32.2 Å². The molecule has 0 aliphatic heterocycles. The Kier molecular flexibility index (Phi) is 5.17. The topological polar surface area (TPSA) is 47.0 Å². The number of aromatic nitrogens is 2. The number of rotatable bonds is 4. The van der Waals surface area contributed by atoms with Crippen molar-refractivity contribution in [2.75, 3.05) is 0 Å². The predicted molar refractivity (Wildman–Crippen MR) is 88.4 cm³/mol. The molecular weight excluding hydrogens is 406 g/mol. The van der Waals surface area contributed by atoms with E-state index in [1.54, 1.807) is 0 Å². The van der Waals surface area contributed by atoms with Crippen molar-refractivity contribution in [1.29, 1.82) is 0 Å². The fourth-order valence-corrected chi connectivity index (χ4v) is 3.11. The normalized spacial score (nSPS) is 11.7. The van der Waals surface area contributed by atoms with Crippen LogP contribution in [0.1, 0.15) is 25.8 Å². The van der Waals surface area contributed by atoms with Crippen LogP contribution in [0.25, 0.3) is 0 Å². The van der Waals surface area contributed by atoms with Gasteiger partial charge in [0.2, 0.25) is 0 Å². The number of hydrogen-bond donors (Lipinski definition) is 1. The second-order valence-electron chi connectivity index (χ2n) is 5.24. The van der Waals surface area contributed by atoms with Crippen LogP contribution in [0.4, 0.5) is 0 Å². The Labute approximate surface area is 139 Å². The highest BCUT2D eigenvalue weighted by atomic mass is 79.9. The van der Waals surface area contributed by atoms with E-state index in [9.17, 15) is 0 Å². The molecule has 0 bridgehead atoms. The van der Waals surface area contributed by atoms with Crippen molar-refractivity contribution in [2.24, 2.45) is 0 Å². The SMILES string of the molecule is CC(C)(C)NCc1nnc(Oc2ccc(Br)cc2Br)s1. The standard InChI is InChI=1S/C13H15Br2N3OS/c1-13(2,3)16-7-11-17-18-12(20-11)19-10-5-4-8(14)6-9(10)15/h4-6,16H,7H2,1-3H3. The van der Waals surface area contributed by atoms with Gasteiger partial charge < -0.3 is 10.1 Å². The molecule has 0 radical (unpaired) electrons. The molecule has 0 saturated heterocycles. The van der Waals surface area contributed by atoms with Crippen LogP contribution >= 0.6 is 43.2 Å². The smallest absolute Gasteiger partial charge is 0.299 e. The highest BCUT2D eigenvalue weighted by molar-refractivity contribution is 9.11. The summed E-state index contributed by atoms with van der Waals surface area (Å²) in [6.07, 6.45) is 0. The minimum Gasteiger partial charge on any atom is -0.429 e. The lowest BCUT2D eigenvalue weighted by atomic mass is 10.1. The monoisotopic (exact) mass is 419 g/mol. The van der Waals surface area contributed by atoms with Crippen molar-refractivity contribution in [2.45, 2.75) is 32.9 Å². The van der Waals surface area contributed by atoms with E-state index in [4.69, 9.17) is 4.74 Å². The van der Waals surface area contributed by atoms with E-state index in [0.717, 1.165) is 19.7 Å². The van der Waals surface area contributed by atoms with E-state index < -0.39 is 0 Å². The van der Waals surface area contributed by atoms with E-state index in [1.807, 2.05) is 18.2 Å². The zero-order chi connectivity index (χ0) is 14.8. The molecule has 1 aromatic carbocycles. The molecule has 20 heavy (non-hydrogen) atoms. The molecule has 0 unspecified atom stereocenters. The van der Waals surface area contributed by atoms with Gasteiger partial charge in [-0.1, -0.05) is 32.4 Å². The summed E-state index contributed by atoms with van der Waals surface area (Å²) in [4.78, 5) is 0. The lowest BCUT2D eigenvalue weighted by molar-refractivity contribution is 0.423. The van der Waals surface area contributed by atoms with Gasteiger partial charge in [0.1, 0.15) is 10.8 Å². The molecule has 108 valence electrons. The maximum atomic E-state index is 5.73. The summed E-state index contributed by atoms with van der Waals surface area (Å²) in [7, 11) is 0. The number of halogens is 2. The van der Waals surface area contributed by atoms with Gasteiger partial charge in [-0.05, 0) is 54.9 Å². The largest absolute Gasteiger partial charge is 0.429 e. The third-order valence-corrected chi connectivity index (χ3v) is 4.22. The second-order valence-corrected chi connectivity index (χ2v) is 8.04. The molecule has 7 heteroatoms. The van der Waals surface area contributed by atoms with Crippen molar-refractivity contribution in [1.82, 2.24) is 15.5 Å². The lowest BCUT2D eigenvalue weighted by Crippen LogP contribution is -2.35. The van der Waals surface area contributed by atoms with Crippen LogP contribution < -0.4 is 10.1 Å². The molecule has 0 fully saturated rings. The summed E-state index contributed by atoms with van der Waals surface area (Å²) >= 11 is 8.30. The third-order valence-electron chi connectivity index (χ3n) is 2.31. The van der Waals surface area contributed by atoms with E-state index >= 15 is 0 Å². The first-order valence-corrected chi connectivity index (χ1v) is 8.44. The number of nitrogens with one attached hydrogen (secondary N) is 1. The Bertz CT molecular complexity index is 596. The summed E-state index contributed by atoms with van der Waals surface area (Å²) in [6.45, 7) is 7.03. The van der Waals surface area contributed by atoms with Gasteiger partial charge in [-0.3, -0.25) is 0 Å². The molecule has 2 aromatic rings. The van der Waals surface area contributed by atoms with Crippen LogP contribution in [0.15, 0.2) is 27.1 Å². The molecule has 0 spiro atoms. The fourth-order valence-electron chi connectivity index (χ4n) is 1.34. The average Bonchev–Trinajstić information content (AvgIpc) is 2.77. The van der Waals surface area contributed by atoms with Crippen LogP contribution in [-0.2, 0) is 6.54 Å². The van der Waals surface area contributed by atoms with Gasteiger partial charge in [0.15, 0.2) is 0 Å². The fraction of sp³-hybridized carbons (Fsp3) is 0.385. The Morgan fingerprint density at radius 3 is 2.65 bits per heavy atom. The summed E-state index contributed by atoms with van der Waals surface area (Å²) < 4.78 is 7.59. The van der Waals surface area contributed by atoms with Crippen molar-refractivity contribution < 1.29 is 4.74 Å². The molecule has 4 nitrogen and oxygen atoms in total. The van der Waals surface area contributed by atoms with Crippen molar-refractivity contribution in [3.8, 4) is 10.9 Å². The van der Waals surface area contributed by atoms with Gasteiger partial charge in [-0.15, -0.1) is 5.10 Å². The number of nitrogens with zero attached hydrogens (tertiary/aromatic N) is 2. The molecule has 1 heterocycles. The zero-order valence-electron chi connectivity index (χ0n) is 11.4. The van der Waals surface area contributed by atoms with E-state index in [-0.39, 0.29) is 5.54 Å². The first kappa shape index (κ1) is 15.9. The zero-order valence-corrected chi connectivity index (χ0v) is 15.4.